The molecule has 0 bridgehead atoms. The standard InChI is InChI=1S/5C5H14NO.4BrH.ClH/c5*1-6(2,3)4-5-7;;;;;/h5*7H,4-5H2,1-3H3;5*1H/q5*+1;;;;;/p-5. The van der Waals surface area contributed by atoms with Gasteiger partial charge < -0.3 is 128 Å². The number of hydrogen-bond donors (Lipinski definition) is 5. The van der Waals surface area contributed by atoms with Crippen molar-refractivity contribution in [1.82, 2.24) is 0 Å². The monoisotopic (exact) mass is 871 g/mol. The third kappa shape index (κ3) is 126. The van der Waals surface area contributed by atoms with Crippen molar-refractivity contribution in [3.05, 3.63) is 0 Å². The predicted octanol–water partition coefficient (Wildman–Crippen LogP) is -16.6. The minimum atomic E-state index is 0. The summed E-state index contributed by atoms with van der Waals surface area (Å²) in [6, 6.07) is 0. The normalized spacial score (nSPS) is 10.5. The van der Waals surface area contributed by atoms with E-state index in [1.54, 1.807) is 0 Å². The van der Waals surface area contributed by atoms with E-state index in [-0.39, 0.29) is 113 Å². The van der Waals surface area contributed by atoms with Crippen LogP contribution in [0.1, 0.15) is 0 Å². The summed E-state index contributed by atoms with van der Waals surface area (Å²) in [5.74, 6) is 0. The van der Waals surface area contributed by atoms with E-state index >= 15 is 0 Å². The molecule has 15 heteroatoms. The Labute approximate surface area is 298 Å². The largest absolute Gasteiger partial charge is 1.00 e. The van der Waals surface area contributed by atoms with Gasteiger partial charge in [-0.15, -0.1) is 0 Å². The molecule has 0 spiro atoms. The molecule has 0 rings (SSSR count). The highest BCUT2D eigenvalue weighted by atomic mass is 79.9. The molecule has 5 N–H and O–H groups in total. The average molecular weight is 876 g/mol. The van der Waals surface area contributed by atoms with Crippen molar-refractivity contribution in [1.29, 1.82) is 0 Å². The van der Waals surface area contributed by atoms with Crippen LogP contribution in [-0.2, 0) is 0 Å². The lowest BCUT2D eigenvalue weighted by Crippen LogP contribution is -3.00. The molecular weight excluding hydrogens is 805 g/mol. The van der Waals surface area contributed by atoms with Crippen LogP contribution >= 0.6 is 0 Å². The van der Waals surface area contributed by atoms with E-state index in [4.69, 9.17) is 25.5 Å². The molecule has 0 aliphatic carbocycles. The second-order valence-electron chi connectivity index (χ2n) is 13.7. The number of quaternary nitrogens is 5. The molecule has 0 aliphatic rings. The Morgan fingerprint density at radius 3 is 0.350 bits per heavy atom. The maximum Gasteiger partial charge on any atom is 0.101 e. The van der Waals surface area contributed by atoms with E-state index in [2.05, 4.69) is 106 Å². The average Bonchev–Trinajstić information content (AvgIpc) is 2.51. The van der Waals surface area contributed by atoms with E-state index in [0.717, 1.165) is 55.1 Å². The molecule has 0 radical (unpaired) electrons. The zero-order valence-electron chi connectivity index (χ0n) is 28.4. The lowest BCUT2D eigenvalue weighted by atomic mass is 10.5. The Kier molecular flexibility index (Phi) is 63.7. The molecule has 260 valence electrons. The first-order valence-corrected chi connectivity index (χ1v) is 12.4. The van der Waals surface area contributed by atoms with Crippen LogP contribution in [0.3, 0.4) is 0 Å². The maximum absolute atomic E-state index is 8.39. The number of hydrogen-bond acceptors (Lipinski definition) is 5. The first kappa shape index (κ1) is 68.8. The molecule has 0 aliphatic heterocycles. The van der Waals surface area contributed by atoms with Crippen LogP contribution in [0.25, 0.3) is 0 Å². The molecule has 40 heavy (non-hydrogen) atoms. The Morgan fingerprint density at radius 1 is 0.275 bits per heavy atom. The van der Waals surface area contributed by atoms with E-state index in [1.807, 2.05) is 0 Å². The van der Waals surface area contributed by atoms with Gasteiger partial charge in [0.05, 0.1) is 139 Å². The molecule has 0 unspecified atom stereocenters. The summed E-state index contributed by atoms with van der Waals surface area (Å²) >= 11 is 0. The quantitative estimate of drug-likeness (QED) is 0.141. The molecule has 0 aromatic heterocycles. The number of halogens is 5. The molecule has 0 aromatic rings. The second-order valence-corrected chi connectivity index (χ2v) is 13.7. The molecule has 10 nitrogen and oxygen atoms in total. The third-order valence-electron chi connectivity index (χ3n) is 3.85. The SMILES string of the molecule is C[N+](C)(C)CCO.C[N+](C)(C)CCO.C[N+](C)(C)CCO.C[N+](C)(C)CCO.C[N+](C)(C)CCO.[Br-].[Br-].[Br-].[Br-].[Cl-]. The molecule has 0 aromatic carbocycles. The van der Waals surface area contributed by atoms with Crippen LogP contribution in [0.2, 0.25) is 0 Å². The van der Waals surface area contributed by atoms with Gasteiger partial charge in [-0.3, -0.25) is 0 Å². The summed E-state index contributed by atoms with van der Waals surface area (Å²) in [5, 5.41) is 41.9. The molecule has 0 saturated carbocycles. The van der Waals surface area contributed by atoms with Crippen molar-refractivity contribution < 1.29 is 128 Å². The van der Waals surface area contributed by atoms with Crippen LogP contribution in [0.4, 0.5) is 0 Å². The summed E-state index contributed by atoms with van der Waals surface area (Å²) in [6.07, 6.45) is 0. The summed E-state index contributed by atoms with van der Waals surface area (Å²) in [4.78, 5) is 0. The van der Waals surface area contributed by atoms with Crippen molar-refractivity contribution in [2.24, 2.45) is 0 Å². The lowest BCUT2D eigenvalue weighted by molar-refractivity contribution is -0.870. The number of rotatable bonds is 10. The number of aliphatic hydroxyl groups excluding tert-OH is 5. The highest BCUT2D eigenvalue weighted by molar-refractivity contribution is 4.21. The van der Waals surface area contributed by atoms with Crippen molar-refractivity contribution in [3.63, 3.8) is 0 Å². The van der Waals surface area contributed by atoms with Gasteiger partial charge in [-0.05, 0) is 0 Å². The Hall–Kier alpha value is 1.81. The van der Waals surface area contributed by atoms with Crippen LogP contribution < -0.4 is 80.3 Å². The highest BCUT2D eigenvalue weighted by Gasteiger charge is 2.04. The fourth-order valence-electron chi connectivity index (χ4n) is 1.50. The summed E-state index contributed by atoms with van der Waals surface area (Å²) in [5.41, 5.74) is 0. The van der Waals surface area contributed by atoms with E-state index in [1.165, 1.54) is 0 Å². The van der Waals surface area contributed by atoms with E-state index in [0.29, 0.717) is 0 Å². The minimum absolute atomic E-state index is 0. The zero-order chi connectivity index (χ0) is 29.6. The zero-order valence-corrected chi connectivity index (χ0v) is 35.5. The topological polar surface area (TPSA) is 101 Å². The van der Waals surface area contributed by atoms with Gasteiger partial charge in [-0.2, -0.15) is 0 Å². The van der Waals surface area contributed by atoms with Crippen LogP contribution in [0.5, 0.6) is 0 Å². The Bertz CT molecular complexity index is 351. The summed E-state index contributed by atoms with van der Waals surface area (Å²) in [6.45, 7) is 5.57. The first-order chi connectivity index (χ1) is 15.3. The second kappa shape index (κ2) is 37.0. The number of likely N-dealkylation sites (N-methyl/N-ethyl adjacent to an activating group) is 5. The number of nitrogens with zero attached hydrogens (tertiary/aromatic N) is 5. The van der Waals surface area contributed by atoms with Gasteiger partial charge in [-0.1, -0.05) is 0 Å². The van der Waals surface area contributed by atoms with Gasteiger partial charge in [-0.25, -0.2) is 0 Å². The van der Waals surface area contributed by atoms with Gasteiger partial charge in [0, 0.05) is 0 Å². The van der Waals surface area contributed by atoms with Gasteiger partial charge in [0.15, 0.2) is 0 Å². The minimum Gasteiger partial charge on any atom is -1.00 e. The van der Waals surface area contributed by atoms with Gasteiger partial charge >= 0.3 is 0 Å². The molecule has 0 fully saturated rings. The fourth-order valence-corrected chi connectivity index (χ4v) is 1.50. The summed E-state index contributed by atoms with van der Waals surface area (Å²) < 4.78 is 4.22. The van der Waals surface area contributed by atoms with Crippen molar-refractivity contribution >= 4 is 0 Å². The van der Waals surface area contributed by atoms with Gasteiger partial charge in [0.2, 0.25) is 0 Å². The molecule has 0 heterocycles. The molecule has 0 saturated heterocycles. The van der Waals surface area contributed by atoms with Gasteiger partial charge in [0.1, 0.15) is 32.7 Å². The number of aliphatic hydroxyl groups is 5. The lowest BCUT2D eigenvalue weighted by Gasteiger charge is -2.21. The van der Waals surface area contributed by atoms with Crippen molar-refractivity contribution in [2.75, 3.05) is 171 Å². The Balaban J connectivity index is -0.0000000341. The van der Waals surface area contributed by atoms with Crippen molar-refractivity contribution in [3.8, 4) is 0 Å². The smallest absolute Gasteiger partial charge is 0.101 e. The van der Waals surface area contributed by atoms with Crippen LogP contribution in [0, 0.1) is 0 Å². The first-order valence-electron chi connectivity index (χ1n) is 12.4. The van der Waals surface area contributed by atoms with Gasteiger partial charge in [0.25, 0.3) is 0 Å². The van der Waals surface area contributed by atoms with Crippen molar-refractivity contribution in [2.45, 2.75) is 0 Å². The summed E-state index contributed by atoms with van der Waals surface area (Å²) in [7, 11) is 30.8. The predicted molar refractivity (Wildman–Crippen MR) is 150 cm³/mol. The maximum atomic E-state index is 8.39. The highest BCUT2D eigenvalue weighted by Crippen LogP contribution is 1.87. The fraction of sp³-hybridized carbons (Fsp3) is 1.00. The van der Waals surface area contributed by atoms with E-state index < -0.39 is 0 Å². The molecule has 0 atom stereocenters. The van der Waals surface area contributed by atoms with Crippen LogP contribution in [-0.4, -0.2) is 219 Å². The molecule has 0 amide bonds. The third-order valence-corrected chi connectivity index (χ3v) is 3.85. The van der Waals surface area contributed by atoms with Crippen LogP contribution in [0.15, 0.2) is 0 Å². The van der Waals surface area contributed by atoms with E-state index in [9.17, 15) is 0 Å². The Morgan fingerprint density at radius 2 is 0.350 bits per heavy atom. The molecular formula is C25H70Br4ClN5O5.